The summed E-state index contributed by atoms with van der Waals surface area (Å²) in [5.74, 6) is -1.32. The second-order valence-corrected chi connectivity index (χ2v) is 10.7. The molecule has 256 valence electrons. The van der Waals surface area contributed by atoms with Gasteiger partial charge in [0.05, 0.1) is 43.2 Å². The van der Waals surface area contributed by atoms with E-state index in [1.54, 1.807) is 0 Å². The maximum absolute atomic E-state index is 13.9. The van der Waals surface area contributed by atoms with E-state index < -0.39 is 30.1 Å². The van der Waals surface area contributed by atoms with Crippen LogP contribution in [0.25, 0.3) is 0 Å². The fourth-order valence-corrected chi connectivity index (χ4v) is 4.96. The number of carbonyl (C=O) groups excluding carboxylic acids is 3. The summed E-state index contributed by atoms with van der Waals surface area (Å²) >= 11 is 0. The van der Waals surface area contributed by atoms with Crippen LogP contribution in [0.4, 0.5) is 0 Å². The van der Waals surface area contributed by atoms with Crippen LogP contribution in [0.2, 0.25) is 0 Å². The van der Waals surface area contributed by atoms with Crippen LogP contribution in [0.5, 0.6) is 0 Å². The molecule has 0 aromatic heterocycles. The lowest BCUT2D eigenvalue weighted by Crippen LogP contribution is -2.54. The molecule has 1 aliphatic heterocycles. The first kappa shape index (κ1) is 38.4. The topological polar surface area (TPSA) is 217 Å². The molecule has 1 fully saturated rings. The van der Waals surface area contributed by atoms with Gasteiger partial charge < -0.3 is 20.1 Å². The van der Waals surface area contributed by atoms with Gasteiger partial charge in [0.1, 0.15) is 12.1 Å². The van der Waals surface area contributed by atoms with Crippen LogP contribution in [0, 0.1) is 0 Å². The molecule has 16 nitrogen and oxygen atoms in total. The number of unbranched alkanes of at least 4 members (excludes halogenated alkanes) is 3. The molecule has 16 heteroatoms. The minimum absolute atomic E-state index is 0.0258. The van der Waals surface area contributed by atoms with Crippen LogP contribution < -0.4 is 11.1 Å². The number of hydrogen-bond donors (Lipinski definition) is 6. The van der Waals surface area contributed by atoms with Gasteiger partial charge in [-0.15, -0.1) is 0 Å². The molecule has 2 rings (SSSR count). The average Bonchev–Trinajstić information content (AvgIpc) is 3.52. The summed E-state index contributed by atoms with van der Waals surface area (Å²) in [5, 5.41) is 36.9. The predicted molar refractivity (Wildman–Crippen MR) is 156 cm³/mol. The first-order valence-corrected chi connectivity index (χ1v) is 15.5. The molecule has 1 amide bonds. The molecule has 7 N–H and O–H groups in total. The minimum Gasteiger partial charge on any atom is -0.465 e. The molecule has 45 heavy (non-hydrogen) atoms. The molecule has 1 aromatic carbocycles. The number of nitrogens with one attached hydrogen (secondary N) is 1. The normalized spacial score (nSPS) is 16.2. The van der Waals surface area contributed by atoms with Crippen LogP contribution in [0.3, 0.4) is 0 Å². The molecule has 1 heterocycles. The Balaban J connectivity index is 2.06. The van der Waals surface area contributed by atoms with Crippen LogP contribution in [-0.2, 0) is 40.0 Å². The van der Waals surface area contributed by atoms with E-state index >= 15 is 0 Å². The maximum atomic E-state index is 13.9. The van der Waals surface area contributed by atoms with Crippen molar-refractivity contribution in [3.05, 3.63) is 35.9 Å². The van der Waals surface area contributed by atoms with E-state index in [4.69, 9.17) is 36.0 Å². The van der Waals surface area contributed by atoms with Crippen molar-refractivity contribution in [1.82, 2.24) is 21.0 Å². The van der Waals surface area contributed by atoms with Gasteiger partial charge in [-0.25, -0.2) is 4.79 Å². The number of hydrogen-bond acceptors (Lipinski definition) is 15. The van der Waals surface area contributed by atoms with Crippen LogP contribution in [0.15, 0.2) is 30.3 Å². The van der Waals surface area contributed by atoms with Crippen molar-refractivity contribution in [1.29, 1.82) is 0 Å². The number of nitrogens with zero attached hydrogens (tertiary/aromatic N) is 3. The van der Waals surface area contributed by atoms with Gasteiger partial charge in [-0.05, 0) is 76.3 Å². The lowest BCUT2D eigenvalue weighted by molar-refractivity contribution is -0.492. The summed E-state index contributed by atoms with van der Waals surface area (Å²) in [6, 6.07) is 7.33. The van der Waals surface area contributed by atoms with E-state index in [9.17, 15) is 14.4 Å². The third-order valence-corrected chi connectivity index (χ3v) is 7.28. The number of ether oxygens (including phenoxy) is 2. The van der Waals surface area contributed by atoms with Crippen LogP contribution in [-0.4, -0.2) is 112 Å². The molecule has 0 radical (unpaired) electrons. The fourth-order valence-electron chi connectivity index (χ4n) is 4.96. The zero-order valence-electron chi connectivity index (χ0n) is 25.7. The van der Waals surface area contributed by atoms with Crippen LogP contribution in [0.1, 0.15) is 69.8 Å². The van der Waals surface area contributed by atoms with Gasteiger partial charge in [-0.2, -0.15) is 0 Å². The molecule has 3 unspecified atom stereocenters. The highest BCUT2D eigenvalue weighted by atomic mass is 17.1. The summed E-state index contributed by atoms with van der Waals surface area (Å²) in [6.45, 7) is 1.06. The Morgan fingerprint density at radius 1 is 0.844 bits per heavy atom. The second kappa shape index (κ2) is 22.7. The van der Waals surface area contributed by atoms with Gasteiger partial charge in [0, 0.05) is 6.54 Å². The predicted octanol–water partition coefficient (Wildman–Crippen LogP) is 1.74. The molecule has 0 aliphatic carbocycles. The fraction of sp³-hybridized carbons (Fsp3) is 0.690. The Morgan fingerprint density at radius 3 is 2.09 bits per heavy atom. The smallest absolute Gasteiger partial charge is 0.328 e. The van der Waals surface area contributed by atoms with Gasteiger partial charge in [-0.1, -0.05) is 36.8 Å². The highest BCUT2D eigenvalue weighted by Crippen LogP contribution is 2.22. The van der Waals surface area contributed by atoms with Gasteiger partial charge in [-0.3, -0.25) is 45.4 Å². The highest BCUT2D eigenvalue weighted by Gasteiger charge is 2.39. The number of carbonyl (C=O) groups is 3. The molecule has 0 bridgehead atoms. The third-order valence-electron chi connectivity index (χ3n) is 7.28. The number of amides is 1. The maximum Gasteiger partial charge on any atom is 0.328 e. The number of likely N-dealkylation sites (tertiary alicyclic amines) is 1. The summed E-state index contributed by atoms with van der Waals surface area (Å²) < 4.78 is 10.9. The molecule has 3 atom stereocenters. The van der Waals surface area contributed by atoms with Crippen LogP contribution >= 0.6 is 0 Å². The van der Waals surface area contributed by atoms with Gasteiger partial charge in [0.25, 0.3) is 0 Å². The average molecular weight is 644 g/mol. The van der Waals surface area contributed by atoms with Gasteiger partial charge in [0.2, 0.25) is 5.91 Å². The molecule has 1 saturated heterocycles. The van der Waals surface area contributed by atoms with E-state index in [0.29, 0.717) is 83.7 Å². The van der Waals surface area contributed by atoms with Crippen molar-refractivity contribution in [2.75, 3.05) is 39.5 Å². The molecular weight excluding hydrogens is 594 g/mol. The number of esters is 2. The summed E-state index contributed by atoms with van der Waals surface area (Å²) in [7, 11) is 0. The largest absolute Gasteiger partial charge is 0.465 e. The number of aryl methyl sites for hydroxylation is 1. The number of rotatable bonds is 24. The minimum atomic E-state index is -0.803. The SMILES string of the molecule is NCCCCC(NC(CCc1ccccc1)C(=O)OCCCCON(O)O)C(=O)N1CCCC1C(=O)OCCCCON(O)O. The molecular formula is C29H49N5O11. The second-order valence-electron chi connectivity index (χ2n) is 10.7. The summed E-state index contributed by atoms with van der Waals surface area (Å²) in [4.78, 5) is 50.6. The molecule has 0 saturated carbocycles. The van der Waals surface area contributed by atoms with Crippen molar-refractivity contribution in [3.63, 3.8) is 0 Å². The van der Waals surface area contributed by atoms with Crippen molar-refractivity contribution < 1.29 is 54.4 Å². The molecule has 0 spiro atoms. The number of nitrogens with two attached hydrogens (primary N) is 1. The Labute approximate surface area is 263 Å². The van der Waals surface area contributed by atoms with E-state index in [2.05, 4.69) is 15.0 Å². The van der Waals surface area contributed by atoms with Gasteiger partial charge >= 0.3 is 11.9 Å². The standard InChI is InChI=1S/C29H49N5O11/c30-17-5-4-13-24(27(35)32-18-10-14-26(32)29(37)43-20-7-9-22-45-34(40)41)31-25(16-15-23-11-2-1-3-12-23)28(36)42-19-6-8-21-44-33(38)39/h1-3,11-12,24-26,31,38-41H,4-10,13-22,30H2. The Morgan fingerprint density at radius 2 is 1.47 bits per heavy atom. The lowest BCUT2D eigenvalue weighted by Gasteiger charge is -2.30. The van der Waals surface area contributed by atoms with E-state index in [1.165, 1.54) is 4.90 Å². The van der Waals surface area contributed by atoms with Crippen molar-refractivity contribution >= 4 is 17.8 Å². The van der Waals surface area contributed by atoms with E-state index in [-0.39, 0.29) is 43.1 Å². The zero-order valence-corrected chi connectivity index (χ0v) is 25.7. The van der Waals surface area contributed by atoms with Crippen molar-refractivity contribution in [2.45, 2.75) is 88.8 Å². The van der Waals surface area contributed by atoms with Crippen molar-refractivity contribution in [3.8, 4) is 0 Å². The Hall–Kier alpha value is -2.77. The number of benzene rings is 1. The summed E-state index contributed by atoms with van der Waals surface area (Å²) in [5.41, 5.74) is 6.73. The summed E-state index contributed by atoms with van der Waals surface area (Å²) in [6.07, 6.45) is 5.45. The monoisotopic (exact) mass is 643 g/mol. The quantitative estimate of drug-likeness (QED) is 0.0537. The van der Waals surface area contributed by atoms with Crippen molar-refractivity contribution in [2.24, 2.45) is 5.73 Å². The first-order chi connectivity index (χ1) is 21.7. The first-order valence-electron chi connectivity index (χ1n) is 15.5. The highest BCUT2D eigenvalue weighted by molar-refractivity contribution is 5.89. The molecule has 1 aliphatic rings. The Bertz CT molecular complexity index is 973. The lowest BCUT2D eigenvalue weighted by atomic mass is 10.0. The Kier molecular flexibility index (Phi) is 19.4. The van der Waals surface area contributed by atoms with E-state index in [0.717, 1.165) is 5.56 Å². The van der Waals surface area contributed by atoms with E-state index in [1.807, 2.05) is 30.3 Å². The molecule has 1 aromatic rings. The van der Waals surface area contributed by atoms with Gasteiger partial charge in [0.15, 0.2) is 0 Å². The zero-order chi connectivity index (χ0) is 32.9. The third kappa shape index (κ3) is 15.9.